The number of Topliss-reactive ketones (excluding diaryl/α,β-unsaturated/α-hetero) is 1. The van der Waals surface area contributed by atoms with Crippen molar-refractivity contribution in [1.29, 1.82) is 0 Å². The van der Waals surface area contributed by atoms with E-state index in [0.29, 0.717) is 23.7 Å². The van der Waals surface area contributed by atoms with E-state index < -0.39 is 12.1 Å². The minimum Gasteiger partial charge on any atom is -0.475 e. The van der Waals surface area contributed by atoms with Gasteiger partial charge in [0, 0.05) is 55.5 Å². The number of ketones is 1. The van der Waals surface area contributed by atoms with Crippen molar-refractivity contribution in [3.8, 4) is 11.3 Å². The van der Waals surface area contributed by atoms with Crippen LogP contribution in [0.25, 0.3) is 11.3 Å². The van der Waals surface area contributed by atoms with Crippen LogP contribution in [0.15, 0.2) is 66.7 Å². The van der Waals surface area contributed by atoms with Crippen molar-refractivity contribution in [2.75, 3.05) is 19.6 Å². The first-order chi connectivity index (χ1) is 18.9. The molecule has 40 heavy (non-hydrogen) atoms. The van der Waals surface area contributed by atoms with Gasteiger partial charge in [-0.05, 0) is 49.7 Å². The lowest BCUT2D eigenvalue weighted by molar-refractivity contribution is -0.192. The number of carbonyl (C=O) groups excluding carboxylic acids is 2. The Labute approximate surface area is 230 Å². The lowest BCUT2D eigenvalue weighted by atomic mass is 10.1. The summed E-state index contributed by atoms with van der Waals surface area (Å²) >= 11 is 0. The standard InChI is InChI=1S/C27H30N4O2.C2HF3O2/c1-19-17-31(13-12-28-19)18-25-10-5-11-26(30-25)23-8-3-6-21(14-23)16-29-27(33)24-9-4-7-22(15-24)20(2)32;3-2(4,5)1(6)7/h3-11,14-15,19,28H,12-13,16-18H2,1-2H3,(H,29,33);(H,6,7)/t19-;/m0./s1. The highest BCUT2D eigenvalue weighted by Gasteiger charge is 2.38. The summed E-state index contributed by atoms with van der Waals surface area (Å²) in [4.78, 5) is 40.4. The van der Waals surface area contributed by atoms with Crippen LogP contribution in [0.2, 0.25) is 0 Å². The number of carboxylic acid groups (broad SMARTS) is 1. The molecular weight excluding hydrogens is 525 g/mol. The van der Waals surface area contributed by atoms with E-state index in [0.717, 1.165) is 48.7 Å². The Morgan fingerprint density at radius 3 is 2.40 bits per heavy atom. The second-order valence-electron chi connectivity index (χ2n) is 9.43. The molecule has 8 nitrogen and oxygen atoms in total. The number of carboxylic acids is 1. The maximum absolute atomic E-state index is 12.6. The predicted molar refractivity (Wildman–Crippen MR) is 144 cm³/mol. The molecule has 212 valence electrons. The van der Waals surface area contributed by atoms with Gasteiger partial charge in [-0.15, -0.1) is 0 Å². The van der Waals surface area contributed by atoms with Gasteiger partial charge in [-0.25, -0.2) is 4.79 Å². The smallest absolute Gasteiger partial charge is 0.475 e. The molecular formula is C29H31F3N4O4. The molecule has 2 heterocycles. The summed E-state index contributed by atoms with van der Waals surface area (Å²) in [5.74, 6) is -3.01. The van der Waals surface area contributed by atoms with E-state index in [9.17, 15) is 22.8 Å². The van der Waals surface area contributed by atoms with Gasteiger partial charge >= 0.3 is 12.1 Å². The Kier molecular flexibility index (Phi) is 10.5. The highest BCUT2D eigenvalue weighted by Crippen LogP contribution is 2.20. The molecule has 1 atom stereocenters. The summed E-state index contributed by atoms with van der Waals surface area (Å²) in [5.41, 5.74) is 5.02. The van der Waals surface area contributed by atoms with Gasteiger partial charge in [0.25, 0.3) is 5.91 Å². The number of carbonyl (C=O) groups is 3. The molecule has 0 aliphatic carbocycles. The number of alkyl halides is 3. The second-order valence-corrected chi connectivity index (χ2v) is 9.43. The molecule has 1 aromatic heterocycles. The van der Waals surface area contributed by atoms with E-state index in [1.807, 2.05) is 24.3 Å². The maximum atomic E-state index is 12.6. The third-order valence-corrected chi connectivity index (χ3v) is 6.09. The van der Waals surface area contributed by atoms with Gasteiger partial charge in [-0.1, -0.05) is 36.4 Å². The van der Waals surface area contributed by atoms with Crippen molar-refractivity contribution >= 4 is 17.7 Å². The van der Waals surface area contributed by atoms with Crippen LogP contribution in [0, 0.1) is 0 Å². The summed E-state index contributed by atoms with van der Waals surface area (Å²) in [7, 11) is 0. The fraction of sp³-hybridized carbons (Fsp3) is 0.310. The zero-order chi connectivity index (χ0) is 29.3. The zero-order valence-corrected chi connectivity index (χ0v) is 22.2. The molecule has 1 aliphatic heterocycles. The van der Waals surface area contributed by atoms with Crippen LogP contribution in [-0.2, 0) is 17.9 Å². The molecule has 1 aliphatic rings. The summed E-state index contributed by atoms with van der Waals surface area (Å²) in [6.07, 6.45) is -5.08. The summed E-state index contributed by atoms with van der Waals surface area (Å²) in [6, 6.07) is 21.5. The summed E-state index contributed by atoms with van der Waals surface area (Å²) in [5, 5.41) is 13.5. The number of hydrogen-bond acceptors (Lipinski definition) is 6. The van der Waals surface area contributed by atoms with Crippen molar-refractivity contribution in [3.63, 3.8) is 0 Å². The van der Waals surface area contributed by atoms with Crippen LogP contribution in [0.5, 0.6) is 0 Å². The van der Waals surface area contributed by atoms with Gasteiger partial charge in [-0.3, -0.25) is 19.5 Å². The molecule has 2 aromatic carbocycles. The van der Waals surface area contributed by atoms with Crippen molar-refractivity contribution in [2.45, 2.75) is 39.2 Å². The molecule has 0 radical (unpaired) electrons. The highest BCUT2D eigenvalue weighted by molar-refractivity contribution is 5.99. The van der Waals surface area contributed by atoms with Gasteiger partial charge in [-0.2, -0.15) is 13.2 Å². The normalized spacial score (nSPS) is 15.5. The number of amides is 1. The minimum absolute atomic E-state index is 0.0569. The fourth-order valence-corrected chi connectivity index (χ4v) is 4.12. The highest BCUT2D eigenvalue weighted by atomic mass is 19.4. The fourth-order valence-electron chi connectivity index (χ4n) is 4.12. The second kappa shape index (κ2) is 13.8. The van der Waals surface area contributed by atoms with E-state index in [4.69, 9.17) is 14.9 Å². The van der Waals surface area contributed by atoms with Crippen LogP contribution >= 0.6 is 0 Å². The number of aromatic nitrogens is 1. The first kappa shape index (κ1) is 30.5. The number of nitrogens with one attached hydrogen (secondary N) is 2. The Morgan fingerprint density at radius 2 is 1.73 bits per heavy atom. The third kappa shape index (κ3) is 9.28. The Morgan fingerprint density at radius 1 is 1.05 bits per heavy atom. The van der Waals surface area contributed by atoms with Gasteiger partial charge < -0.3 is 15.7 Å². The molecule has 0 saturated carbocycles. The van der Waals surface area contributed by atoms with E-state index in [2.05, 4.69) is 40.7 Å². The topological polar surface area (TPSA) is 112 Å². The van der Waals surface area contributed by atoms with Crippen molar-refractivity contribution in [3.05, 3.63) is 89.1 Å². The first-order valence-electron chi connectivity index (χ1n) is 12.6. The average Bonchev–Trinajstić information content (AvgIpc) is 2.92. The summed E-state index contributed by atoms with van der Waals surface area (Å²) < 4.78 is 31.7. The van der Waals surface area contributed by atoms with Gasteiger partial charge in [0.15, 0.2) is 5.78 Å². The lowest BCUT2D eigenvalue weighted by Crippen LogP contribution is -2.48. The Balaban J connectivity index is 0.000000559. The molecule has 4 rings (SSSR count). The van der Waals surface area contributed by atoms with Crippen molar-refractivity contribution in [2.24, 2.45) is 0 Å². The van der Waals surface area contributed by atoms with Crippen LogP contribution in [0.4, 0.5) is 13.2 Å². The van der Waals surface area contributed by atoms with Gasteiger partial charge in [0.2, 0.25) is 0 Å². The minimum atomic E-state index is -5.08. The van der Waals surface area contributed by atoms with Gasteiger partial charge in [0.1, 0.15) is 0 Å². The van der Waals surface area contributed by atoms with E-state index in [1.165, 1.54) is 6.92 Å². The van der Waals surface area contributed by atoms with Crippen molar-refractivity contribution < 1.29 is 32.7 Å². The molecule has 3 N–H and O–H groups in total. The average molecular weight is 557 g/mol. The number of hydrogen-bond donors (Lipinski definition) is 3. The molecule has 1 saturated heterocycles. The number of benzene rings is 2. The SMILES string of the molecule is CC(=O)c1cccc(C(=O)NCc2cccc(-c3cccc(CN4CCN[C@@H](C)C4)n3)c2)c1.O=C(O)C(F)(F)F. The number of piperazine rings is 1. The predicted octanol–water partition coefficient (Wildman–Crippen LogP) is 4.31. The van der Waals surface area contributed by atoms with Crippen molar-refractivity contribution in [1.82, 2.24) is 20.5 Å². The molecule has 3 aromatic rings. The molecule has 0 unspecified atom stereocenters. The van der Waals surface area contributed by atoms with Gasteiger partial charge in [0.05, 0.1) is 11.4 Å². The quantitative estimate of drug-likeness (QED) is 0.372. The van der Waals surface area contributed by atoms with Crippen LogP contribution in [0.1, 0.15) is 45.8 Å². The number of halogens is 3. The molecule has 0 spiro atoms. The number of aliphatic carboxylic acids is 1. The van der Waals surface area contributed by atoms with E-state index in [-0.39, 0.29) is 11.7 Å². The number of nitrogens with zero attached hydrogens (tertiary/aromatic N) is 2. The maximum Gasteiger partial charge on any atom is 0.490 e. The molecule has 11 heteroatoms. The zero-order valence-electron chi connectivity index (χ0n) is 22.2. The molecule has 1 amide bonds. The Hall–Kier alpha value is -4.09. The first-order valence-corrected chi connectivity index (χ1v) is 12.6. The number of pyridine rings is 1. The van der Waals surface area contributed by atoms with E-state index >= 15 is 0 Å². The number of rotatable bonds is 7. The van der Waals surface area contributed by atoms with Crippen LogP contribution < -0.4 is 10.6 Å². The Bertz CT molecular complexity index is 1350. The lowest BCUT2D eigenvalue weighted by Gasteiger charge is -2.31. The van der Waals surface area contributed by atoms with E-state index in [1.54, 1.807) is 24.3 Å². The monoisotopic (exact) mass is 556 g/mol. The largest absolute Gasteiger partial charge is 0.490 e. The van der Waals surface area contributed by atoms with Crippen LogP contribution in [-0.4, -0.2) is 64.5 Å². The van der Waals surface area contributed by atoms with Crippen LogP contribution in [0.3, 0.4) is 0 Å². The molecule has 0 bridgehead atoms. The third-order valence-electron chi connectivity index (χ3n) is 6.09. The summed E-state index contributed by atoms with van der Waals surface area (Å²) in [6.45, 7) is 8.01. The molecule has 1 fully saturated rings.